The van der Waals surface area contributed by atoms with Crippen molar-refractivity contribution in [1.82, 2.24) is 5.32 Å². The first-order valence-corrected chi connectivity index (χ1v) is 7.66. The Morgan fingerprint density at radius 2 is 2.00 bits per heavy atom. The second kappa shape index (κ2) is 5.92. The third-order valence-electron chi connectivity index (χ3n) is 3.65. The normalized spacial score (nSPS) is 26.8. The van der Waals surface area contributed by atoms with Crippen LogP contribution in [-0.2, 0) is 0 Å². The van der Waals surface area contributed by atoms with Gasteiger partial charge in [0.25, 0.3) is 0 Å². The van der Waals surface area contributed by atoms with Crippen molar-refractivity contribution in [2.24, 2.45) is 0 Å². The van der Waals surface area contributed by atoms with Crippen molar-refractivity contribution in [3.8, 4) is 0 Å². The van der Waals surface area contributed by atoms with Crippen LogP contribution in [0.2, 0.25) is 0 Å². The van der Waals surface area contributed by atoms with Crippen LogP contribution in [0.4, 0.5) is 0 Å². The Balaban J connectivity index is 1.95. The summed E-state index contributed by atoms with van der Waals surface area (Å²) in [5, 5.41) is 4.53. The Kier molecular flexibility index (Phi) is 4.52. The molecule has 17 heavy (non-hydrogen) atoms. The number of rotatable bonds is 3. The molecule has 0 spiro atoms. The highest BCUT2D eigenvalue weighted by molar-refractivity contribution is 7.99. The molecule has 0 saturated carbocycles. The van der Waals surface area contributed by atoms with E-state index in [2.05, 4.69) is 62.1 Å². The minimum absolute atomic E-state index is 0.460. The zero-order valence-electron chi connectivity index (χ0n) is 11.1. The first-order valence-electron chi connectivity index (χ1n) is 6.61. The largest absolute Gasteiger partial charge is 0.306 e. The fourth-order valence-electron chi connectivity index (χ4n) is 2.41. The molecule has 1 fully saturated rings. The predicted octanol–water partition coefficient (Wildman–Crippen LogP) is 3.93. The van der Waals surface area contributed by atoms with Gasteiger partial charge in [-0.15, -0.1) is 0 Å². The SMILES string of the molecule is Cc1ccc(C(C)NC2CCCSC2C)cc1. The van der Waals surface area contributed by atoms with Gasteiger partial charge in [-0.25, -0.2) is 0 Å². The Bertz CT molecular complexity index is 346. The summed E-state index contributed by atoms with van der Waals surface area (Å²) in [6, 6.07) is 10.0. The summed E-state index contributed by atoms with van der Waals surface area (Å²) in [5.41, 5.74) is 2.74. The van der Waals surface area contributed by atoms with Crippen LogP contribution in [0.3, 0.4) is 0 Å². The number of thioether (sulfide) groups is 1. The highest BCUT2D eigenvalue weighted by atomic mass is 32.2. The molecule has 0 bridgehead atoms. The van der Waals surface area contributed by atoms with E-state index in [1.165, 1.54) is 29.7 Å². The molecule has 0 amide bonds. The van der Waals surface area contributed by atoms with E-state index in [9.17, 15) is 0 Å². The van der Waals surface area contributed by atoms with Gasteiger partial charge in [-0.3, -0.25) is 0 Å². The van der Waals surface area contributed by atoms with Crippen molar-refractivity contribution in [2.75, 3.05) is 5.75 Å². The van der Waals surface area contributed by atoms with Crippen LogP contribution < -0.4 is 5.32 Å². The van der Waals surface area contributed by atoms with Gasteiger partial charge in [0.05, 0.1) is 0 Å². The number of hydrogen-bond acceptors (Lipinski definition) is 2. The lowest BCUT2D eigenvalue weighted by Crippen LogP contribution is -2.40. The van der Waals surface area contributed by atoms with E-state index in [4.69, 9.17) is 0 Å². The number of hydrogen-bond donors (Lipinski definition) is 1. The Morgan fingerprint density at radius 1 is 1.29 bits per heavy atom. The van der Waals surface area contributed by atoms with Gasteiger partial charge in [-0.1, -0.05) is 36.8 Å². The van der Waals surface area contributed by atoms with E-state index >= 15 is 0 Å². The molecule has 1 heterocycles. The molecule has 1 aromatic rings. The molecule has 1 aliphatic heterocycles. The molecule has 1 saturated heterocycles. The van der Waals surface area contributed by atoms with Crippen LogP contribution >= 0.6 is 11.8 Å². The zero-order valence-corrected chi connectivity index (χ0v) is 11.9. The van der Waals surface area contributed by atoms with E-state index in [-0.39, 0.29) is 0 Å². The summed E-state index contributed by atoms with van der Waals surface area (Å²) in [5.74, 6) is 1.33. The summed E-state index contributed by atoms with van der Waals surface area (Å²) >= 11 is 2.10. The molecular formula is C15H23NS. The third-order valence-corrected chi connectivity index (χ3v) is 5.03. The monoisotopic (exact) mass is 249 g/mol. The smallest absolute Gasteiger partial charge is 0.0294 e. The van der Waals surface area contributed by atoms with E-state index in [1.54, 1.807) is 0 Å². The molecule has 94 valence electrons. The average molecular weight is 249 g/mol. The molecule has 1 nitrogen and oxygen atoms in total. The summed E-state index contributed by atoms with van der Waals surface area (Å²) in [6.07, 6.45) is 2.68. The molecule has 1 aliphatic rings. The van der Waals surface area contributed by atoms with Crippen LogP contribution in [0.15, 0.2) is 24.3 Å². The van der Waals surface area contributed by atoms with Crippen molar-refractivity contribution in [2.45, 2.75) is 50.9 Å². The second-order valence-electron chi connectivity index (χ2n) is 5.12. The average Bonchev–Trinajstić information content (AvgIpc) is 2.33. The van der Waals surface area contributed by atoms with Gasteiger partial charge in [0.15, 0.2) is 0 Å². The van der Waals surface area contributed by atoms with E-state index in [0.29, 0.717) is 12.1 Å². The van der Waals surface area contributed by atoms with Gasteiger partial charge in [0.1, 0.15) is 0 Å². The van der Waals surface area contributed by atoms with Gasteiger partial charge < -0.3 is 5.32 Å². The highest BCUT2D eigenvalue weighted by Gasteiger charge is 2.23. The van der Waals surface area contributed by atoms with Crippen molar-refractivity contribution in [1.29, 1.82) is 0 Å². The van der Waals surface area contributed by atoms with Gasteiger partial charge in [0.2, 0.25) is 0 Å². The molecule has 1 N–H and O–H groups in total. The topological polar surface area (TPSA) is 12.0 Å². The van der Waals surface area contributed by atoms with E-state index < -0.39 is 0 Å². The van der Waals surface area contributed by atoms with Crippen LogP contribution in [0.25, 0.3) is 0 Å². The molecule has 3 atom stereocenters. The van der Waals surface area contributed by atoms with Crippen LogP contribution in [-0.4, -0.2) is 17.0 Å². The summed E-state index contributed by atoms with van der Waals surface area (Å²) < 4.78 is 0. The molecule has 2 rings (SSSR count). The molecule has 3 unspecified atom stereocenters. The minimum atomic E-state index is 0.460. The molecule has 0 radical (unpaired) electrons. The number of aryl methyl sites for hydroxylation is 1. The molecule has 0 aromatic heterocycles. The lowest BCUT2D eigenvalue weighted by atomic mass is 10.0. The quantitative estimate of drug-likeness (QED) is 0.871. The lowest BCUT2D eigenvalue weighted by molar-refractivity contribution is 0.417. The Morgan fingerprint density at radius 3 is 2.65 bits per heavy atom. The standard InChI is InChI=1S/C15H23NS/c1-11-6-8-14(9-7-11)12(2)16-15-5-4-10-17-13(15)3/h6-9,12-13,15-16H,4-5,10H2,1-3H3. The lowest BCUT2D eigenvalue weighted by Gasteiger charge is -2.32. The van der Waals surface area contributed by atoms with Gasteiger partial charge >= 0.3 is 0 Å². The van der Waals surface area contributed by atoms with E-state index in [1.807, 2.05) is 0 Å². The van der Waals surface area contributed by atoms with Crippen LogP contribution in [0, 0.1) is 6.92 Å². The third kappa shape index (κ3) is 3.49. The number of benzene rings is 1. The first-order chi connectivity index (χ1) is 8.16. The van der Waals surface area contributed by atoms with Crippen LogP contribution in [0.1, 0.15) is 43.9 Å². The second-order valence-corrected chi connectivity index (χ2v) is 6.61. The molecular weight excluding hydrogens is 226 g/mol. The molecule has 1 aromatic carbocycles. The van der Waals surface area contributed by atoms with E-state index in [0.717, 1.165) is 5.25 Å². The summed E-state index contributed by atoms with van der Waals surface area (Å²) in [7, 11) is 0. The maximum atomic E-state index is 3.78. The van der Waals surface area contributed by atoms with Gasteiger partial charge in [0, 0.05) is 17.3 Å². The minimum Gasteiger partial charge on any atom is -0.306 e. The molecule has 2 heteroatoms. The van der Waals surface area contributed by atoms with Crippen LogP contribution in [0.5, 0.6) is 0 Å². The summed E-state index contributed by atoms with van der Waals surface area (Å²) in [6.45, 7) is 6.77. The van der Waals surface area contributed by atoms with Crippen molar-refractivity contribution in [3.63, 3.8) is 0 Å². The first kappa shape index (κ1) is 13.0. The Hall–Kier alpha value is -0.470. The predicted molar refractivity (Wildman–Crippen MR) is 77.7 cm³/mol. The van der Waals surface area contributed by atoms with Crippen molar-refractivity contribution >= 4 is 11.8 Å². The maximum Gasteiger partial charge on any atom is 0.0294 e. The van der Waals surface area contributed by atoms with Gasteiger partial charge in [-0.05, 0) is 38.0 Å². The fourth-order valence-corrected chi connectivity index (χ4v) is 3.57. The van der Waals surface area contributed by atoms with Crippen molar-refractivity contribution in [3.05, 3.63) is 35.4 Å². The molecule has 0 aliphatic carbocycles. The highest BCUT2D eigenvalue weighted by Crippen LogP contribution is 2.27. The summed E-state index contributed by atoms with van der Waals surface area (Å²) in [4.78, 5) is 0. The number of nitrogens with one attached hydrogen (secondary N) is 1. The Labute approximate surface area is 109 Å². The maximum absolute atomic E-state index is 3.78. The van der Waals surface area contributed by atoms with Gasteiger partial charge in [-0.2, -0.15) is 11.8 Å². The zero-order chi connectivity index (χ0) is 12.3. The van der Waals surface area contributed by atoms with Crippen molar-refractivity contribution < 1.29 is 0 Å². The fraction of sp³-hybridized carbons (Fsp3) is 0.600.